The number of para-hydroxylation sites is 2. The van der Waals surface area contributed by atoms with E-state index in [0.29, 0.717) is 29.3 Å². The van der Waals surface area contributed by atoms with Gasteiger partial charge in [0.25, 0.3) is 5.91 Å². The van der Waals surface area contributed by atoms with E-state index in [2.05, 4.69) is 40.0 Å². The molecule has 1 amide bonds. The van der Waals surface area contributed by atoms with Crippen molar-refractivity contribution in [2.45, 2.75) is 6.42 Å². The topological polar surface area (TPSA) is 119 Å². The number of piperazine rings is 1. The molecule has 2 aromatic heterocycles. The van der Waals surface area contributed by atoms with E-state index in [-0.39, 0.29) is 5.91 Å². The molecule has 0 bridgehead atoms. The van der Waals surface area contributed by atoms with Gasteiger partial charge >= 0.3 is 0 Å². The van der Waals surface area contributed by atoms with Crippen molar-refractivity contribution in [3.8, 4) is 11.5 Å². The molecule has 0 atom stereocenters. The van der Waals surface area contributed by atoms with Crippen molar-refractivity contribution in [3.05, 3.63) is 60.2 Å². The molecule has 1 aliphatic heterocycles. The van der Waals surface area contributed by atoms with Gasteiger partial charge in [-0.1, -0.05) is 12.1 Å². The summed E-state index contributed by atoms with van der Waals surface area (Å²) in [5.74, 6) is 0.883. The molecule has 1 aliphatic rings. The van der Waals surface area contributed by atoms with Crippen molar-refractivity contribution < 1.29 is 14.3 Å². The fourth-order valence-corrected chi connectivity index (χ4v) is 4.06. The molecule has 5 rings (SSSR count). The second kappa shape index (κ2) is 12.1. The Morgan fingerprint density at radius 3 is 2.50 bits per heavy atom. The van der Waals surface area contributed by atoms with E-state index in [1.165, 1.54) is 0 Å². The number of imidazole rings is 1. The lowest BCUT2D eigenvalue weighted by molar-refractivity contribution is -0.108. The molecule has 0 aliphatic carbocycles. The monoisotopic (exact) mass is 489 g/mol. The predicted molar refractivity (Wildman–Crippen MR) is 140 cm³/mol. The summed E-state index contributed by atoms with van der Waals surface area (Å²) in [6.07, 6.45) is 1.55. The van der Waals surface area contributed by atoms with Crippen LogP contribution in [-0.2, 0) is 9.53 Å². The molecule has 1 saturated heterocycles. The number of fused-ring (bicyclic) bond motifs is 1. The van der Waals surface area contributed by atoms with Crippen LogP contribution in [0.5, 0.6) is 0 Å². The van der Waals surface area contributed by atoms with Crippen molar-refractivity contribution in [3.63, 3.8) is 0 Å². The second-order valence-electron chi connectivity index (χ2n) is 8.46. The number of anilines is 2. The lowest BCUT2D eigenvalue weighted by atomic mass is 10.1. The third kappa shape index (κ3) is 6.15. The Hall–Kier alpha value is -4.02. The Labute approximate surface area is 209 Å². The van der Waals surface area contributed by atoms with Crippen molar-refractivity contribution in [1.29, 1.82) is 0 Å². The molecule has 36 heavy (non-hydrogen) atoms. The molecule has 3 heterocycles. The Morgan fingerprint density at radius 2 is 1.81 bits per heavy atom. The van der Waals surface area contributed by atoms with E-state index in [1.54, 1.807) is 20.3 Å². The van der Waals surface area contributed by atoms with Crippen LogP contribution < -0.4 is 10.2 Å². The normalized spacial score (nSPS) is 13.8. The number of benzene rings is 2. The van der Waals surface area contributed by atoms with E-state index in [0.717, 1.165) is 55.7 Å². The molecule has 3 N–H and O–H groups in total. The minimum atomic E-state index is -0.220. The zero-order valence-corrected chi connectivity index (χ0v) is 20.5. The minimum Gasteiger partial charge on any atom is -0.388 e. The first-order valence-corrected chi connectivity index (χ1v) is 11.8. The second-order valence-corrected chi connectivity index (χ2v) is 8.46. The molecule has 4 aromatic rings. The fourth-order valence-electron chi connectivity index (χ4n) is 4.06. The first kappa shape index (κ1) is 25.1. The van der Waals surface area contributed by atoms with Gasteiger partial charge in [0.05, 0.1) is 11.0 Å². The molecular weight excluding hydrogens is 458 g/mol. The first-order chi connectivity index (χ1) is 17.6. The molecule has 0 radical (unpaired) electrons. The van der Waals surface area contributed by atoms with Gasteiger partial charge in [-0.15, -0.1) is 0 Å². The number of aromatic nitrogens is 4. The van der Waals surface area contributed by atoms with Crippen LogP contribution in [-0.4, -0.2) is 84.2 Å². The number of nitrogens with zero attached hydrogens (tertiary/aromatic N) is 4. The van der Waals surface area contributed by atoms with E-state index in [9.17, 15) is 9.59 Å². The number of aldehydes is 1. The Morgan fingerprint density at radius 1 is 1.08 bits per heavy atom. The van der Waals surface area contributed by atoms with Crippen LogP contribution in [0.1, 0.15) is 16.8 Å². The number of hydrogen-bond donors (Lipinski definition) is 3. The number of carbonyl (C=O) groups is 2. The summed E-state index contributed by atoms with van der Waals surface area (Å²) in [5.41, 5.74) is 4.17. The van der Waals surface area contributed by atoms with E-state index >= 15 is 0 Å². The maximum atomic E-state index is 12.7. The van der Waals surface area contributed by atoms with Gasteiger partial charge < -0.3 is 24.7 Å². The molecule has 2 aromatic carbocycles. The highest BCUT2D eigenvalue weighted by molar-refractivity contribution is 6.04. The smallest absolute Gasteiger partial charge is 0.256 e. The zero-order chi connectivity index (χ0) is 25.3. The molecule has 10 heteroatoms. The molecule has 188 valence electrons. The molecule has 1 fully saturated rings. The number of nitrogens with one attached hydrogen (secondary N) is 3. The van der Waals surface area contributed by atoms with Crippen molar-refractivity contribution in [2.75, 3.05) is 57.2 Å². The number of H-pyrrole nitrogens is 2. The third-order valence-electron chi connectivity index (χ3n) is 5.89. The number of rotatable bonds is 7. The Kier molecular flexibility index (Phi) is 8.43. The number of ether oxygens (including phenoxy) is 1. The van der Waals surface area contributed by atoms with Crippen LogP contribution in [0.2, 0.25) is 0 Å². The molecule has 0 saturated carbocycles. The standard InChI is InChI=1S/C24H25N7O2.C2H6O/c32-15-3-10-30-11-13-31(14-12-30)18-8-6-17(7-9-18)24(33)27-22-16-21(28-29-22)23-25-19-4-1-2-5-20(19)26-23;1-3-2/h1-2,4-9,15-16H,3,10-14H2,(H,25,26)(H2,27,28,29,33);1-2H3. The summed E-state index contributed by atoms with van der Waals surface area (Å²) in [5, 5.41) is 9.95. The number of methoxy groups -OCH3 is 1. The summed E-state index contributed by atoms with van der Waals surface area (Å²) in [4.78, 5) is 35.6. The zero-order valence-electron chi connectivity index (χ0n) is 20.5. The van der Waals surface area contributed by atoms with Gasteiger partial charge in [0.1, 0.15) is 12.0 Å². The summed E-state index contributed by atoms with van der Waals surface area (Å²) < 4.78 is 4.25. The van der Waals surface area contributed by atoms with Crippen LogP contribution in [0.25, 0.3) is 22.6 Å². The number of aromatic amines is 2. The van der Waals surface area contributed by atoms with Crippen LogP contribution in [0.4, 0.5) is 11.5 Å². The number of carbonyl (C=O) groups excluding carboxylic acids is 2. The maximum Gasteiger partial charge on any atom is 0.256 e. The molecular formula is C26H31N7O3. The van der Waals surface area contributed by atoms with Gasteiger partial charge in [-0.2, -0.15) is 5.10 Å². The van der Waals surface area contributed by atoms with E-state index in [1.807, 2.05) is 48.5 Å². The largest absolute Gasteiger partial charge is 0.388 e. The van der Waals surface area contributed by atoms with Crippen molar-refractivity contribution >= 4 is 34.7 Å². The van der Waals surface area contributed by atoms with Crippen LogP contribution in [0.3, 0.4) is 0 Å². The maximum absolute atomic E-state index is 12.7. The SMILES string of the molecule is COC.O=CCCN1CCN(c2ccc(C(=O)Nc3cc(-c4nc5ccccc5[nH]4)[nH]n3)cc2)CC1. The third-order valence-corrected chi connectivity index (χ3v) is 5.89. The molecule has 10 nitrogen and oxygen atoms in total. The van der Waals surface area contributed by atoms with E-state index < -0.39 is 0 Å². The van der Waals surface area contributed by atoms with Gasteiger partial charge in [0.2, 0.25) is 0 Å². The van der Waals surface area contributed by atoms with Gasteiger partial charge in [0, 0.05) is 70.7 Å². The highest BCUT2D eigenvalue weighted by atomic mass is 16.4. The van der Waals surface area contributed by atoms with Crippen molar-refractivity contribution in [2.24, 2.45) is 0 Å². The summed E-state index contributed by atoms with van der Waals surface area (Å²) in [6.45, 7) is 4.50. The van der Waals surface area contributed by atoms with Gasteiger partial charge in [-0.25, -0.2) is 4.98 Å². The quantitative estimate of drug-likeness (QED) is 0.341. The average molecular weight is 490 g/mol. The fraction of sp³-hybridized carbons (Fsp3) is 0.308. The van der Waals surface area contributed by atoms with Gasteiger partial charge in [-0.3, -0.25) is 14.8 Å². The molecule has 0 unspecified atom stereocenters. The van der Waals surface area contributed by atoms with Crippen LogP contribution in [0.15, 0.2) is 54.6 Å². The average Bonchev–Trinajstić information content (AvgIpc) is 3.55. The Bertz CT molecular complexity index is 1240. The molecule has 0 spiro atoms. The highest BCUT2D eigenvalue weighted by Gasteiger charge is 2.17. The van der Waals surface area contributed by atoms with Gasteiger partial charge in [-0.05, 0) is 36.4 Å². The minimum absolute atomic E-state index is 0.220. The van der Waals surface area contributed by atoms with Crippen LogP contribution >= 0.6 is 0 Å². The Balaban J connectivity index is 0.000000967. The summed E-state index contributed by atoms with van der Waals surface area (Å²) in [6, 6.07) is 17.1. The van der Waals surface area contributed by atoms with Crippen LogP contribution in [0, 0.1) is 0 Å². The summed E-state index contributed by atoms with van der Waals surface area (Å²) >= 11 is 0. The first-order valence-electron chi connectivity index (χ1n) is 11.8. The van der Waals surface area contributed by atoms with E-state index in [4.69, 9.17) is 0 Å². The highest BCUT2D eigenvalue weighted by Crippen LogP contribution is 2.22. The lowest BCUT2D eigenvalue weighted by Crippen LogP contribution is -2.46. The van der Waals surface area contributed by atoms with Gasteiger partial charge in [0.15, 0.2) is 11.6 Å². The number of hydrogen-bond acceptors (Lipinski definition) is 7. The summed E-state index contributed by atoms with van der Waals surface area (Å²) in [7, 11) is 3.25. The predicted octanol–water partition coefficient (Wildman–Crippen LogP) is 3.18. The lowest BCUT2D eigenvalue weighted by Gasteiger charge is -2.35. The number of amides is 1. The van der Waals surface area contributed by atoms with Crippen molar-refractivity contribution in [1.82, 2.24) is 25.1 Å².